The van der Waals surface area contributed by atoms with Crippen LogP contribution in [0.5, 0.6) is 0 Å². The van der Waals surface area contributed by atoms with E-state index in [9.17, 15) is 9.18 Å². The maximum atomic E-state index is 13.4. The molecule has 1 N–H and O–H groups in total. The number of aromatic amines is 1. The standard InChI is InChI=1S/C14H18FN3O2/c15-11-3-1-5-18(9-11)14(19)12-4-2-6-20-13(12)10-7-16-17-8-10/h3,7-8,12-13H,1-2,4-6,9H2,(H,16,17)/t12-,13+/m1/s1. The van der Waals surface area contributed by atoms with E-state index in [-0.39, 0.29) is 30.3 Å². The maximum Gasteiger partial charge on any atom is 0.229 e. The third-order valence-electron chi connectivity index (χ3n) is 3.91. The van der Waals surface area contributed by atoms with E-state index in [1.54, 1.807) is 23.4 Å². The molecule has 0 saturated carbocycles. The van der Waals surface area contributed by atoms with Gasteiger partial charge in [-0.2, -0.15) is 5.10 Å². The van der Waals surface area contributed by atoms with Gasteiger partial charge in [0.15, 0.2) is 0 Å². The number of carbonyl (C=O) groups is 1. The summed E-state index contributed by atoms with van der Waals surface area (Å²) >= 11 is 0. The Morgan fingerprint density at radius 2 is 2.45 bits per heavy atom. The number of amides is 1. The Balaban J connectivity index is 1.76. The lowest BCUT2D eigenvalue weighted by atomic mass is 9.89. The molecule has 1 aromatic heterocycles. The van der Waals surface area contributed by atoms with E-state index in [1.165, 1.54) is 0 Å². The van der Waals surface area contributed by atoms with Crippen LogP contribution in [0.3, 0.4) is 0 Å². The van der Waals surface area contributed by atoms with E-state index in [1.807, 2.05) is 0 Å². The van der Waals surface area contributed by atoms with Gasteiger partial charge >= 0.3 is 0 Å². The van der Waals surface area contributed by atoms with Crippen molar-refractivity contribution in [3.8, 4) is 0 Å². The summed E-state index contributed by atoms with van der Waals surface area (Å²) in [6.07, 6.45) is 6.94. The molecule has 3 heterocycles. The predicted octanol–water partition coefficient (Wildman–Crippen LogP) is 1.96. The van der Waals surface area contributed by atoms with Gasteiger partial charge in [-0.3, -0.25) is 9.89 Å². The fraction of sp³-hybridized carbons (Fsp3) is 0.571. The molecular weight excluding hydrogens is 261 g/mol. The molecule has 0 bridgehead atoms. The summed E-state index contributed by atoms with van der Waals surface area (Å²) < 4.78 is 19.1. The highest BCUT2D eigenvalue weighted by Gasteiger charge is 2.36. The van der Waals surface area contributed by atoms with E-state index in [2.05, 4.69) is 10.2 Å². The van der Waals surface area contributed by atoms with Crippen LogP contribution < -0.4 is 0 Å². The Kier molecular flexibility index (Phi) is 3.82. The highest BCUT2D eigenvalue weighted by Crippen LogP contribution is 2.35. The average molecular weight is 279 g/mol. The predicted molar refractivity (Wildman–Crippen MR) is 70.4 cm³/mol. The molecule has 0 aliphatic carbocycles. The van der Waals surface area contributed by atoms with Gasteiger partial charge in [0.1, 0.15) is 5.83 Å². The van der Waals surface area contributed by atoms with Gasteiger partial charge < -0.3 is 9.64 Å². The number of nitrogens with one attached hydrogen (secondary N) is 1. The molecule has 2 aliphatic rings. The summed E-state index contributed by atoms with van der Waals surface area (Å²) in [5.41, 5.74) is 0.885. The summed E-state index contributed by atoms with van der Waals surface area (Å²) in [5, 5.41) is 6.67. The second-order valence-corrected chi connectivity index (χ2v) is 5.27. The topological polar surface area (TPSA) is 58.2 Å². The largest absolute Gasteiger partial charge is 0.373 e. The quantitative estimate of drug-likeness (QED) is 0.900. The number of nitrogens with zero attached hydrogens (tertiary/aromatic N) is 2. The van der Waals surface area contributed by atoms with Gasteiger partial charge in [0, 0.05) is 24.9 Å². The summed E-state index contributed by atoms with van der Waals surface area (Å²) in [6, 6.07) is 0. The SMILES string of the molecule is O=C([C@@H]1CCCO[C@H]1c1cn[nH]c1)N1CCC=C(F)C1. The summed E-state index contributed by atoms with van der Waals surface area (Å²) in [7, 11) is 0. The number of H-pyrrole nitrogens is 1. The van der Waals surface area contributed by atoms with E-state index in [4.69, 9.17) is 4.74 Å². The number of ether oxygens (including phenoxy) is 1. The monoisotopic (exact) mass is 279 g/mol. The van der Waals surface area contributed by atoms with Crippen LogP contribution in [-0.4, -0.2) is 40.7 Å². The Labute approximate surface area is 116 Å². The van der Waals surface area contributed by atoms with E-state index < -0.39 is 0 Å². The van der Waals surface area contributed by atoms with Crippen molar-refractivity contribution in [2.75, 3.05) is 19.7 Å². The second kappa shape index (κ2) is 5.75. The molecule has 0 spiro atoms. The first-order chi connectivity index (χ1) is 9.75. The molecule has 1 fully saturated rings. The van der Waals surface area contributed by atoms with Crippen molar-refractivity contribution in [3.05, 3.63) is 29.9 Å². The molecule has 2 atom stereocenters. The molecule has 20 heavy (non-hydrogen) atoms. The zero-order valence-electron chi connectivity index (χ0n) is 11.2. The van der Waals surface area contributed by atoms with Crippen molar-refractivity contribution in [2.24, 2.45) is 5.92 Å². The molecule has 2 aliphatic heterocycles. The lowest BCUT2D eigenvalue weighted by molar-refractivity contribution is -0.145. The van der Waals surface area contributed by atoms with Crippen LogP contribution in [-0.2, 0) is 9.53 Å². The fourth-order valence-electron chi connectivity index (χ4n) is 2.90. The number of halogens is 1. The summed E-state index contributed by atoms with van der Waals surface area (Å²) in [4.78, 5) is 14.2. The number of carbonyl (C=O) groups excluding carboxylic acids is 1. The number of aromatic nitrogens is 2. The van der Waals surface area contributed by atoms with Gasteiger partial charge in [0.05, 0.1) is 24.8 Å². The van der Waals surface area contributed by atoms with Crippen LogP contribution in [0.1, 0.15) is 30.9 Å². The summed E-state index contributed by atoms with van der Waals surface area (Å²) in [5.74, 6) is -0.479. The molecule has 0 unspecified atom stereocenters. The highest BCUT2D eigenvalue weighted by molar-refractivity contribution is 5.80. The Morgan fingerprint density at radius 3 is 3.20 bits per heavy atom. The van der Waals surface area contributed by atoms with Crippen molar-refractivity contribution >= 4 is 5.91 Å². The molecule has 0 radical (unpaired) electrons. The normalized spacial score (nSPS) is 27.2. The Bertz CT molecular complexity index is 501. The smallest absolute Gasteiger partial charge is 0.229 e. The number of hydrogen-bond acceptors (Lipinski definition) is 3. The molecule has 1 saturated heterocycles. The molecule has 108 valence electrons. The minimum absolute atomic E-state index is 0.0147. The van der Waals surface area contributed by atoms with Crippen LogP contribution >= 0.6 is 0 Å². The van der Waals surface area contributed by atoms with Crippen molar-refractivity contribution in [1.29, 1.82) is 0 Å². The van der Waals surface area contributed by atoms with Gasteiger partial charge in [0.25, 0.3) is 0 Å². The highest BCUT2D eigenvalue weighted by atomic mass is 19.1. The lowest BCUT2D eigenvalue weighted by Crippen LogP contribution is -2.43. The zero-order valence-corrected chi connectivity index (χ0v) is 11.2. The van der Waals surface area contributed by atoms with Crippen LogP contribution in [0.2, 0.25) is 0 Å². The Morgan fingerprint density at radius 1 is 1.55 bits per heavy atom. The van der Waals surface area contributed by atoms with Crippen LogP contribution in [0.15, 0.2) is 24.3 Å². The molecule has 6 heteroatoms. The van der Waals surface area contributed by atoms with Crippen molar-refractivity contribution in [1.82, 2.24) is 15.1 Å². The van der Waals surface area contributed by atoms with Gasteiger partial charge in [0.2, 0.25) is 5.91 Å². The minimum Gasteiger partial charge on any atom is -0.373 e. The lowest BCUT2D eigenvalue weighted by Gasteiger charge is -2.35. The van der Waals surface area contributed by atoms with Gasteiger partial charge in [-0.25, -0.2) is 4.39 Å². The molecule has 5 nitrogen and oxygen atoms in total. The third kappa shape index (κ3) is 2.60. The minimum atomic E-state index is -0.274. The van der Waals surface area contributed by atoms with E-state index >= 15 is 0 Å². The van der Waals surface area contributed by atoms with Crippen LogP contribution in [0.25, 0.3) is 0 Å². The first kappa shape index (κ1) is 13.3. The Hall–Kier alpha value is -1.69. The van der Waals surface area contributed by atoms with Crippen LogP contribution in [0, 0.1) is 5.92 Å². The van der Waals surface area contributed by atoms with Gasteiger partial charge in [-0.15, -0.1) is 0 Å². The van der Waals surface area contributed by atoms with Gasteiger partial charge in [-0.05, 0) is 25.3 Å². The van der Waals surface area contributed by atoms with Crippen molar-refractivity contribution in [2.45, 2.75) is 25.4 Å². The van der Waals surface area contributed by atoms with Crippen molar-refractivity contribution < 1.29 is 13.9 Å². The third-order valence-corrected chi connectivity index (χ3v) is 3.91. The molecule has 0 aromatic carbocycles. The molecule has 1 amide bonds. The number of hydrogen-bond donors (Lipinski definition) is 1. The first-order valence-electron chi connectivity index (χ1n) is 6.99. The second-order valence-electron chi connectivity index (χ2n) is 5.27. The number of rotatable bonds is 2. The summed E-state index contributed by atoms with van der Waals surface area (Å²) in [6.45, 7) is 1.32. The molecule has 1 aromatic rings. The zero-order chi connectivity index (χ0) is 13.9. The van der Waals surface area contributed by atoms with Gasteiger partial charge in [-0.1, -0.05) is 0 Å². The maximum absolute atomic E-state index is 13.4. The van der Waals surface area contributed by atoms with Crippen LogP contribution in [0.4, 0.5) is 4.39 Å². The average Bonchev–Trinajstić information content (AvgIpc) is 3.00. The first-order valence-corrected chi connectivity index (χ1v) is 6.99. The molecular formula is C14H18FN3O2. The fourth-order valence-corrected chi connectivity index (χ4v) is 2.90. The van der Waals surface area contributed by atoms with E-state index in [0.29, 0.717) is 19.6 Å². The molecule has 3 rings (SSSR count). The van der Waals surface area contributed by atoms with Crippen molar-refractivity contribution in [3.63, 3.8) is 0 Å². The van der Waals surface area contributed by atoms with E-state index in [0.717, 1.165) is 18.4 Å².